The topological polar surface area (TPSA) is 75.7 Å². The van der Waals surface area contributed by atoms with Crippen LogP contribution < -0.4 is 10.1 Å². The maximum Gasteiger partial charge on any atom is 0.248 e. The summed E-state index contributed by atoms with van der Waals surface area (Å²) in [5, 5.41) is 2.97. The van der Waals surface area contributed by atoms with Gasteiger partial charge >= 0.3 is 0 Å². The largest absolute Gasteiger partial charge is 0.457 e. The summed E-state index contributed by atoms with van der Waals surface area (Å²) < 4.78 is 6.11. The van der Waals surface area contributed by atoms with Crippen molar-refractivity contribution in [3.8, 4) is 11.5 Å². The number of benzene rings is 3. The number of allylic oxidation sites excluding steroid dienone is 2. The maximum atomic E-state index is 13.8. The Hall–Kier alpha value is -4.19. The number of hydrogen-bond acceptors (Lipinski definition) is 4. The molecule has 1 N–H and O–H groups in total. The van der Waals surface area contributed by atoms with E-state index in [0.29, 0.717) is 23.3 Å². The Morgan fingerprint density at radius 1 is 0.850 bits per heavy atom. The summed E-state index contributed by atoms with van der Waals surface area (Å²) in [6.45, 7) is 4.01. The van der Waals surface area contributed by atoms with Crippen LogP contribution in [-0.4, -0.2) is 28.7 Å². The first-order chi connectivity index (χ1) is 19.4. The first-order valence-electron chi connectivity index (χ1n) is 14.1. The predicted octanol–water partition coefficient (Wildman–Crippen LogP) is 5.70. The van der Waals surface area contributed by atoms with E-state index in [9.17, 15) is 14.4 Å². The smallest absolute Gasteiger partial charge is 0.248 e. The monoisotopic (exact) mass is 532 g/mol. The first-order valence-corrected chi connectivity index (χ1v) is 14.1. The Balaban J connectivity index is 1.13. The molecule has 6 heteroatoms. The molecule has 0 radical (unpaired) electrons. The molecule has 1 aliphatic heterocycles. The third-order valence-corrected chi connectivity index (χ3v) is 9.33. The highest BCUT2D eigenvalue weighted by Crippen LogP contribution is 2.65. The second kappa shape index (κ2) is 9.47. The first kappa shape index (κ1) is 24.8. The quantitative estimate of drug-likeness (QED) is 0.313. The van der Waals surface area contributed by atoms with E-state index < -0.39 is 6.04 Å². The van der Waals surface area contributed by atoms with Crippen LogP contribution in [0.5, 0.6) is 11.5 Å². The fourth-order valence-electron chi connectivity index (χ4n) is 7.34. The van der Waals surface area contributed by atoms with Crippen molar-refractivity contribution in [1.82, 2.24) is 4.90 Å². The minimum absolute atomic E-state index is 0.117. The molecule has 4 aliphatic carbocycles. The molecule has 0 aromatic heterocycles. The van der Waals surface area contributed by atoms with E-state index >= 15 is 0 Å². The van der Waals surface area contributed by atoms with Gasteiger partial charge in [-0.25, -0.2) is 0 Å². The number of amides is 3. The van der Waals surface area contributed by atoms with Crippen molar-refractivity contribution >= 4 is 23.4 Å². The molecule has 40 heavy (non-hydrogen) atoms. The zero-order valence-corrected chi connectivity index (χ0v) is 22.6. The van der Waals surface area contributed by atoms with Gasteiger partial charge in [0.1, 0.15) is 17.5 Å². The SMILES string of the molecule is Cc1cccc(C)c1Oc1ccc(NC(=O)[C@H](Cc2ccccc2)N2C(=O)[C@@H]3[C@@H]4C=C[C@H]([C@H]5C[C@H]45)[C@@H]3C2=O)cc1. The van der Waals surface area contributed by atoms with Crippen molar-refractivity contribution in [1.29, 1.82) is 0 Å². The standard InChI is InChI=1S/C34H32N2O4/c1-19-7-6-8-20(2)31(19)40-23-13-11-22(12-14-23)35-32(37)28(17-21-9-4-3-5-10-21)36-33(38)29-24-15-16-25(27-18-26(24)27)30(29)34(36)39/h3-16,24-30H,17-18H2,1-2H3,(H,35,37)/t24-,25-,26-,27-,28+,29-,30+/m1/s1. The van der Waals surface area contributed by atoms with Gasteiger partial charge in [-0.3, -0.25) is 19.3 Å². The van der Waals surface area contributed by atoms with Gasteiger partial charge < -0.3 is 10.1 Å². The lowest BCUT2D eigenvalue weighted by molar-refractivity contribution is -0.146. The van der Waals surface area contributed by atoms with Crippen LogP contribution in [0.25, 0.3) is 0 Å². The molecule has 0 spiro atoms. The number of rotatable bonds is 7. The van der Waals surface area contributed by atoms with Gasteiger partial charge in [0.15, 0.2) is 0 Å². The lowest BCUT2D eigenvalue weighted by Crippen LogP contribution is -2.49. The molecule has 3 aromatic rings. The Labute approximate surface area is 234 Å². The van der Waals surface area contributed by atoms with Crippen LogP contribution in [0.3, 0.4) is 0 Å². The van der Waals surface area contributed by atoms with Crippen LogP contribution in [-0.2, 0) is 20.8 Å². The molecule has 3 amide bonds. The van der Waals surface area contributed by atoms with Gasteiger partial charge in [0, 0.05) is 12.1 Å². The molecule has 6 nitrogen and oxygen atoms in total. The molecular weight excluding hydrogens is 500 g/mol. The van der Waals surface area contributed by atoms with E-state index in [-0.39, 0.29) is 47.8 Å². The number of imide groups is 1. The molecule has 2 saturated carbocycles. The number of likely N-dealkylation sites (tertiary alicyclic amines) is 1. The van der Waals surface area contributed by atoms with E-state index in [1.807, 2.05) is 74.5 Å². The highest BCUT2D eigenvalue weighted by atomic mass is 16.5. The van der Waals surface area contributed by atoms with Crippen molar-refractivity contribution < 1.29 is 19.1 Å². The summed E-state index contributed by atoms with van der Waals surface area (Å²) in [4.78, 5) is 42.8. The summed E-state index contributed by atoms with van der Waals surface area (Å²) in [6.07, 6.45) is 5.69. The molecule has 202 valence electrons. The number of carbonyl (C=O) groups excluding carboxylic acids is 3. The highest BCUT2D eigenvalue weighted by Gasteiger charge is 2.67. The third-order valence-electron chi connectivity index (χ3n) is 9.33. The number of anilines is 1. The van der Waals surface area contributed by atoms with Crippen LogP contribution in [0, 0.1) is 49.4 Å². The van der Waals surface area contributed by atoms with Gasteiger partial charge in [-0.15, -0.1) is 0 Å². The van der Waals surface area contributed by atoms with Crippen molar-refractivity contribution in [3.63, 3.8) is 0 Å². The summed E-state index contributed by atoms with van der Waals surface area (Å²) in [6, 6.07) is 21.9. The molecular formula is C34H32N2O4. The minimum Gasteiger partial charge on any atom is -0.457 e. The fourth-order valence-corrected chi connectivity index (χ4v) is 7.34. The second-order valence-electron chi connectivity index (χ2n) is 11.7. The van der Waals surface area contributed by atoms with Crippen molar-refractivity contribution in [3.05, 3.63) is 102 Å². The Bertz CT molecular complexity index is 1470. The van der Waals surface area contributed by atoms with Gasteiger partial charge in [0.05, 0.1) is 11.8 Å². The average Bonchev–Trinajstić information content (AvgIpc) is 3.74. The van der Waals surface area contributed by atoms with E-state index in [1.54, 1.807) is 12.1 Å². The second-order valence-corrected chi connectivity index (χ2v) is 11.7. The number of ether oxygens (including phenoxy) is 1. The molecule has 5 aliphatic rings. The molecule has 0 unspecified atom stereocenters. The highest BCUT2D eigenvalue weighted by molar-refractivity contribution is 6.10. The number of aryl methyl sites for hydroxylation is 2. The molecule has 1 saturated heterocycles. The molecule has 8 rings (SSSR count). The van der Waals surface area contributed by atoms with Crippen LogP contribution in [0.1, 0.15) is 23.1 Å². The molecule has 7 atom stereocenters. The van der Waals surface area contributed by atoms with Gasteiger partial charge in [-0.2, -0.15) is 0 Å². The van der Waals surface area contributed by atoms with Crippen LogP contribution >= 0.6 is 0 Å². The molecule has 3 fully saturated rings. The summed E-state index contributed by atoms with van der Waals surface area (Å²) in [5.41, 5.74) is 3.57. The molecule has 1 heterocycles. The Morgan fingerprint density at radius 3 is 2.05 bits per heavy atom. The molecule has 2 bridgehead atoms. The number of carbonyl (C=O) groups is 3. The van der Waals surface area contributed by atoms with Crippen molar-refractivity contribution in [2.24, 2.45) is 35.5 Å². The summed E-state index contributed by atoms with van der Waals surface area (Å²) >= 11 is 0. The fraction of sp³-hybridized carbons (Fsp3) is 0.324. The normalized spacial score (nSPS) is 28.2. The molecule has 3 aromatic carbocycles. The number of hydrogen-bond donors (Lipinski definition) is 1. The van der Waals surface area contributed by atoms with Crippen LogP contribution in [0.15, 0.2) is 84.9 Å². The van der Waals surface area contributed by atoms with E-state index in [4.69, 9.17) is 4.74 Å². The van der Waals surface area contributed by atoms with E-state index in [0.717, 1.165) is 28.9 Å². The number of para-hydroxylation sites is 1. The Kier molecular flexibility index (Phi) is 5.88. The minimum atomic E-state index is -0.922. The lowest BCUT2D eigenvalue weighted by Gasteiger charge is -2.37. The van der Waals surface area contributed by atoms with Gasteiger partial charge in [-0.05, 0) is 84.9 Å². The van der Waals surface area contributed by atoms with Crippen LogP contribution in [0.2, 0.25) is 0 Å². The lowest BCUT2D eigenvalue weighted by atomic mass is 9.63. The third kappa shape index (κ3) is 4.05. The van der Waals surface area contributed by atoms with Gasteiger partial charge in [0.2, 0.25) is 17.7 Å². The van der Waals surface area contributed by atoms with Gasteiger partial charge in [0.25, 0.3) is 0 Å². The Morgan fingerprint density at radius 2 is 1.45 bits per heavy atom. The summed E-state index contributed by atoms with van der Waals surface area (Å²) in [7, 11) is 0. The van der Waals surface area contributed by atoms with Crippen molar-refractivity contribution in [2.45, 2.75) is 32.7 Å². The number of nitrogens with zero attached hydrogens (tertiary/aromatic N) is 1. The summed E-state index contributed by atoms with van der Waals surface area (Å²) in [5.74, 6) is 1.33. The zero-order chi connectivity index (χ0) is 27.5. The number of nitrogens with one attached hydrogen (secondary N) is 1. The van der Waals surface area contributed by atoms with Crippen molar-refractivity contribution in [2.75, 3.05) is 5.32 Å². The maximum absolute atomic E-state index is 13.8. The van der Waals surface area contributed by atoms with E-state index in [1.165, 1.54) is 4.90 Å². The zero-order valence-electron chi connectivity index (χ0n) is 22.6. The van der Waals surface area contributed by atoms with Gasteiger partial charge in [-0.1, -0.05) is 60.7 Å². The average molecular weight is 533 g/mol. The predicted molar refractivity (Wildman–Crippen MR) is 152 cm³/mol. The van der Waals surface area contributed by atoms with E-state index in [2.05, 4.69) is 17.5 Å². The van der Waals surface area contributed by atoms with Crippen LogP contribution in [0.4, 0.5) is 5.69 Å².